The summed E-state index contributed by atoms with van der Waals surface area (Å²) in [6.45, 7) is 4.40. The lowest BCUT2D eigenvalue weighted by atomic mass is 10.0. The Morgan fingerprint density at radius 2 is 1.79 bits per heavy atom. The standard InChI is InChI=1S/C19H17NO4/c1-12-8-15(16-10-17(19(21)22)24-20-16)9-13(2)18(12)23-11-14-6-4-3-5-7-14/h3-10H,11H2,1-2H3,(H,21,22). The molecule has 3 rings (SSSR count). The van der Waals surface area contributed by atoms with Gasteiger partial charge in [0.2, 0.25) is 5.76 Å². The highest BCUT2D eigenvalue weighted by molar-refractivity contribution is 5.85. The second-order valence-electron chi connectivity index (χ2n) is 5.59. The van der Waals surface area contributed by atoms with Crippen LogP contribution < -0.4 is 4.74 Å². The molecule has 0 atom stereocenters. The third-order valence-corrected chi connectivity index (χ3v) is 3.70. The number of aromatic nitrogens is 1. The number of carboxylic acid groups (broad SMARTS) is 1. The van der Waals surface area contributed by atoms with E-state index in [1.165, 1.54) is 6.07 Å². The maximum absolute atomic E-state index is 10.9. The van der Waals surface area contributed by atoms with Crippen molar-refractivity contribution >= 4 is 5.97 Å². The van der Waals surface area contributed by atoms with Crippen LogP contribution in [0.25, 0.3) is 11.3 Å². The van der Waals surface area contributed by atoms with Gasteiger partial charge in [0.25, 0.3) is 0 Å². The summed E-state index contributed by atoms with van der Waals surface area (Å²) in [5.74, 6) is -0.487. The molecular weight excluding hydrogens is 306 g/mol. The number of aryl methyl sites for hydroxylation is 2. The fraction of sp³-hybridized carbons (Fsp3) is 0.158. The Kier molecular flexibility index (Phi) is 4.33. The number of hydrogen-bond donors (Lipinski definition) is 1. The lowest BCUT2D eigenvalue weighted by molar-refractivity contribution is 0.0652. The molecule has 0 aliphatic rings. The van der Waals surface area contributed by atoms with Crippen molar-refractivity contribution in [3.05, 3.63) is 71.0 Å². The van der Waals surface area contributed by atoms with E-state index in [4.69, 9.17) is 14.4 Å². The number of aromatic carboxylic acids is 1. The van der Waals surface area contributed by atoms with Gasteiger partial charge in [-0.15, -0.1) is 0 Å². The molecule has 0 spiro atoms. The summed E-state index contributed by atoms with van der Waals surface area (Å²) < 4.78 is 10.8. The second-order valence-corrected chi connectivity index (χ2v) is 5.59. The van der Waals surface area contributed by atoms with Crippen molar-refractivity contribution in [2.24, 2.45) is 0 Å². The molecule has 1 heterocycles. The van der Waals surface area contributed by atoms with Gasteiger partial charge in [-0.1, -0.05) is 35.5 Å². The van der Waals surface area contributed by atoms with E-state index in [-0.39, 0.29) is 5.76 Å². The summed E-state index contributed by atoms with van der Waals surface area (Å²) in [5.41, 5.74) is 4.31. The quantitative estimate of drug-likeness (QED) is 0.760. The molecule has 0 fully saturated rings. The van der Waals surface area contributed by atoms with Crippen LogP contribution in [0.2, 0.25) is 0 Å². The minimum absolute atomic E-state index is 0.176. The van der Waals surface area contributed by atoms with Crippen LogP contribution >= 0.6 is 0 Å². The minimum atomic E-state index is -1.13. The Bertz CT molecular complexity index is 845. The molecule has 0 bridgehead atoms. The molecule has 0 amide bonds. The van der Waals surface area contributed by atoms with Crippen LogP contribution in [-0.4, -0.2) is 16.2 Å². The van der Waals surface area contributed by atoms with Gasteiger partial charge in [0.15, 0.2) is 0 Å². The third kappa shape index (κ3) is 3.30. The highest BCUT2D eigenvalue weighted by atomic mass is 16.5. The van der Waals surface area contributed by atoms with Crippen LogP contribution in [0.4, 0.5) is 0 Å². The molecule has 5 nitrogen and oxygen atoms in total. The zero-order valence-electron chi connectivity index (χ0n) is 13.4. The summed E-state index contributed by atoms with van der Waals surface area (Å²) in [6.07, 6.45) is 0. The van der Waals surface area contributed by atoms with Crippen LogP contribution in [0.5, 0.6) is 5.75 Å². The smallest absolute Gasteiger partial charge is 0.374 e. The van der Waals surface area contributed by atoms with Crippen LogP contribution in [0, 0.1) is 13.8 Å². The van der Waals surface area contributed by atoms with Gasteiger partial charge < -0.3 is 14.4 Å². The number of rotatable bonds is 5. The van der Waals surface area contributed by atoms with Crippen LogP contribution in [0.15, 0.2) is 53.1 Å². The zero-order chi connectivity index (χ0) is 17.1. The van der Waals surface area contributed by atoms with Crippen molar-refractivity contribution < 1.29 is 19.2 Å². The van der Waals surface area contributed by atoms with Crippen molar-refractivity contribution in [3.63, 3.8) is 0 Å². The number of ether oxygens (including phenoxy) is 1. The van der Waals surface area contributed by atoms with Crippen molar-refractivity contribution in [1.82, 2.24) is 5.16 Å². The Balaban J connectivity index is 1.84. The van der Waals surface area contributed by atoms with Gasteiger partial charge in [-0.05, 0) is 42.7 Å². The molecule has 24 heavy (non-hydrogen) atoms. The van der Waals surface area contributed by atoms with E-state index in [0.717, 1.165) is 28.0 Å². The van der Waals surface area contributed by atoms with Gasteiger partial charge in [-0.3, -0.25) is 0 Å². The molecule has 0 aliphatic carbocycles. The van der Waals surface area contributed by atoms with Gasteiger partial charge >= 0.3 is 5.97 Å². The van der Waals surface area contributed by atoms with E-state index in [0.29, 0.717) is 12.3 Å². The normalized spacial score (nSPS) is 10.6. The third-order valence-electron chi connectivity index (χ3n) is 3.70. The number of carbonyl (C=O) groups is 1. The maximum atomic E-state index is 10.9. The molecular formula is C19H17NO4. The van der Waals surface area contributed by atoms with Gasteiger partial charge in [0, 0.05) is 11.6 Å². The fourth-order valence-corrected chi connectivity index (χ4v) is 2.57. The van der Waals surface area contributed by atoms with Crippen molar-refractivity contribution in [1.29, 1.82) is 0 Å². The molecule has 2 aromatic carbocycles. The lowest BCUT2D eigenvalue weighted by Crippen LogP contribution is -1.99. The Morgan fingerprint density at radius 1 is 1.12 bits per heavy atom. The molecule has 5 heteroatoms. The van der Waals surface area contributed by atoms with Crippen molar-refractivity contribution in [2.75, 3.05) is 0 Å². The number of benzene rings is 2. The average Bonchev–Trinajstić information content (AvgIpc) is 3.05. The SMILES string of the molecule is Cc1cc(-c2cc(C(=O)O)on2)cc(C)c1OCc1ccccc1. The summed E-state index contributed by atoms with van der Waals surface area (Å²) in [4.78, 5) is 10.9. The van der Waals surface area contributed by atoms with Gasteiger partial charge in [-0.25, -0.2) is 4.79 Å². The van der Waals surface area contributed by atoms with E-state index in [1.807, 2.05) is 56.3 Å². The molecule has 0 saturated carbocycles. The van der Waals surface area contributed by atoms with Crippen molar-refractivity contribution in [2.45, 2.75) is 20.5 Å². The zero-order valence-corrected chi connectivity index (χ0v) is 13.4. The number of hydrogen-bond acceptors (Lipinski definition) is 4. The number of nitrogens with zero attached hydrogens (tertiary/aromatic N) is 1. The van der Waals surface area contributed by atoms with Crippen LogP contribution in [0.1, 0.15) is 27.2 Å². The first kappa shape index (κ1) is 15.8. The topological polar surface area (TPSA) is 72.6 Å². The first-order valence-corrected chi connectivity index (χ1v) is 7.53. The van der Waals surface area contributed by atoms with Gasteiger partial charge in [0.05, 0.1) is 0 Å². The minimum Gasteiger partial charge on any atom is -0.488 e. The maximum Gasteiger partial charge on any atom is 0.374 e. The molecule has 122 valence electrons. The van der Waals surface area contributed by atoms with E-state index < -0.39 is 5.97 Å². The van der Waals surface area contributed by atoms with Gasteiger partial charge in [-0.2, -0.15) is 0 Å². The highest BCUT2D eigenvalue weighted by Crippen LogP contribution is 2.30. The molecule has 0 unspecified atom stereocenters. The highest BCUT2D eigenvalue weighted by Gasteiger charge is 2.14. The predicted molar refractivity (Wildman–Crippen MR) is 89.1 cm³/mol. The number of carboxylic acids is 1. The second kappa shape index (κ2) is 6.58. The van der Waals surface area contributed by atoms with Crippen LogP contribution in [-0.2, 0) is 6.61 Å². The summed E-state index contributed by atoms with van der Waals surface area (Å²) in [6, 6.07) is 15.2. The molecule has 1 N–H and O–H groups in total. The first-order chi connectivity index (χ1) is 11.5. The molecule has 0 saturated heterocycles. The summed E-state index contributed by atoms with van der Waals surface area (Å²) in [5, 5.41) is 12.7. The Hall–Kier alpha value is -3.08. The largest absolute Gasteiger partial charge is 0.488 e. The van der Waals surface area contributed by atoms with Crippen molar-refractivity contribution in [3.8, 4) is 17.0 Å². The van der Waals surface area contributed by atoms with Gasteiger partial charge in [0.1, 0.15) is 18.1 Å². The Morgan fingerprint density at radius 3 is 2.38 bits per heavy atom. The lowest BCUT2D eigenvalue weighted by Gasteiger charge is -2.13. The van der Waals surface area contributed by atoms with E-state index in [2.05, 4.69) is 5.16 Å². The Labute approximate surface area is 139 Å². The van der Waals surface area contributed by atoms with Crippen LogP contribution in [0.3, 0.4) is 0 Å². The summed E-state index contributed by atoms with van der Waals surface area (Å²) >= 11 is 0. The average molecular weight is 323 g/mol. The summed E-state index contributed by atoms with van der Waals surface area (Å²) in [7, 11) is 0. The first-order valence-electron chi connectivity index (χ1n) is 7.53. The molecule has 0 aliphatic heterocycles. The molecule has 1 aromatic heterocycles. The predicted octanol–water partition coefficient (Wildman–Crippen LogP) is 4.24. The van der Waals surface area contributed by atoms with E-state index >= 15 is 0 Å². The molecule has 3 aromatic rings. The molecule has 0 radical (unpaired) electrons. The van der Waals surface area contributed by atoms with E-state index in [1.54, 1.807) is 0 Å². The van der Waals surface area contributed by atoms with E-state index in [9.17, 15) is 4.79 Å². The fourth-order valence-electron chi connectivity index (χ4n) is 2.57. The monoisotopic (exact) mass is 323 g/mol.